The number of halogens is 2. The van der Waals surface area contributed by atoms with E-state index in [1.54, 1.807) is 0 Å². The van der Waals surface area contributed by atoms with Crippen LogP contribution in [0.5, 0.6) is 11.5 Å². The molecule has 0 unspecified atom stereocenters. The average molecular weight is 589 g/mol. The number of carbonyl (C=O) groups excluding carboxylic acids is 1. The van der Waals surface area contributed by atoms with Crippen LogP contribution in [-0.4, -0.2) is 45.4 Å². The van der Waals surface area contributed by atoms with Gasteiger partial charge < -0.3 is 29.7 Å². The van der Waals surface area contributed by atoms with Gasteiger partial charge in [0.15, 0.2) is 18.1 Å². The molecule has 9 heteroatoms. The van der Waals surface area contributed by atoms with Gasteiger partial charge in [-0.2, -0.15) is 0 Å². The minimum atomic E-state index is -0.245. The number of aryl methyl sites for hydroxylation is 1. The van der Waals surface area contributed by atoms with Crippen molar-refractivity contribution in [2.24, 2.45) is 0 Å². The molecule has 0 bridgehead atoms. The summed E-state index contributed by atoms with van der Waals surface area (Å²) in [5.41, 5.74) is 4.77. The van der Waals surface area contributed by atoms with Crippen LogP contribution in [0.1, 0.15) is 18.1 Å². The van der Waals surface area contributed by atoms with Crippen LogP contribution in [0.3, 0.4) is 0 Å². The second-order valence-electron chi connectivity index (χ2n) is 8.65. The molecule has 1 amide bonds. The van der Waals surface area contributed by atoms with Crippen LogP contribution in [0.4, 0.5) is 17.1 Å². The maximum Gasteiger partial charge on any atom is 0.262 e. The Bertz CT molecular complexity index is 1220. The Balaban J connectivity index is 1.38. The van der Waals surface area contributed by atoms with Crippen molar-refractivity contribution in [2.45, 2.75) is 20.4 Å². The lowest BCUT2D eigenvalue weighted by atomic mass is 10.2. The average Bonchev–Trinajstić information content (AvgIpc) is 2.90. The molecule has 7 nitrogen and oxygen atoms in total. The molecule has 37 heavy (non-hydrogen) atoms. The van der Waals surface area contributed by atoms with Gasteiger partial charge in [-0.15, -0.1) is 0 Å². The molecule has 2 N–H and O–H groups in total. The van der Waals surface area contributed by atoms with Crippen molar-refractivity contribution in [2.75, 3.05) is 55.1 Å². The predicted octanol–water partition coefficient (Wildman–Crippen LogP) is 6.28. The molecule has 1 heterocycles. The molecule has 1 aliphatic rings. The first kappa shape index (κ1) is 27.1. The van der Waals surface area contributed by atoms with E-state index in [0.717, 1.165) is 45.8 Å². The number of anilines is 3. The van der Waals surface area contributed by atoms with Gasteiger partial charge in [-0.3, -0.25) is 4.79 Å². The molecule has 1 saturated heterocycles. The van der Waals surface area contributed by atoms with E-state index < -0.39 is 0 Å². The van der Waals surface area contributed by atoms with E-state index in [9.17, 15) is 4.79 Å². The molecule has 1 aliphatic heterocycles. The molecule has 0 spiro atoms. The van der Waals surface area contributed by atoms with Gasteiger partial charge in [0.25, 0.3) is 5.91 Å². The van der Waals surface area contributed by atoms with E-state index in [1.807, 2.05) is 68.4 Å². The van der Waals surface area contributed by atoms with Gasteiger partial charge in [-0.25, -0.2) is 0 Å². The van der Waals surface area contributed by atoms with E-state index in [4.69, 9.17) is 25.8 Å². The summed E-state index contributed by atoms with van der Waals surface area (Å²) in [5.74, 6) is 0.825. The van der Waals surface area contributed by atoms with Gasteiger partial charge in [-0.1, -0.05) is 45.2 Å². The summed E-state index contributed by atoms with van der Waals surface area (Å²) < 4.78 is 17.9. The van der Waals surface area contributed by atoms with E-state index in [2.05, 4.69) is 31.5 Å². The van der Waals surface area contributed by atoms with Crippen LogP contribution < -0.4 is 25.0 Å². The Morgan fingerprint density at radius 2 is 1.73 bits per heavy atom. The lowest BCUT2D eigenvalue weighted by Gasteiger charge is -2.29. The SMILES string of the molecule is CCOc1cc(CNc2ccc(N3CCOCC3)c(Cl)c2)c(Br)cc1OCC(=O)Nc1ccc(C)cc1. The molecule has 0 radical (unpaired) electrons. The minimum Gasteiger partial charge on any atom is -0.490 e. The van der Waals surface area contributed by atoms with Crippen LogP contribution in [-0.2, 0) is 16.1 Å². The zero-order chi connectivity index (χ0) is 26.2. The molecule has 0 saturated carbocycles. The number of nitrogens with zero attached hydrogens (tertiary/aromatic N) is 1. The monoisotopic (exact) mass is 587 g/mol. The summed E-state index contributed by atoms with van der Waals surface area (Å²) in [4.78, 5) is 14.6. The third kappa shape index (κ3) is 7.53. The van der Waals surface area contributed by atoms with Gasteiger partial charge in [0.05, 0.1) is 30.5 Å². The normalized spacial score (nSPS) is 13.2. The summed E-state index contributed by atoms with van der Waals surface area (Å²) >= 11 is 10.2. The van der Waals surface area contributed by atoms with E-state index in [1.165, 1.54) is 0 Å². The molecule has 196 valence electrons. The number of benzene rings is 3. The van der Waals surface area contributed by atoms with Gasteiger partial charge in [-0.05, 0) is 61.9 Å². The van der Waals surface area contributed by atoms with Crippen LogP contribution >= 0.6 is 27.5 Å². The number of ether oxygens (including phenoxy) is 3. The molecule has 4 rings (SSSR count). The molecule has 3 aromatic carbocycles. The van der Waals surface area contributed by atoms with Crippen molar-refractivity contribution >= 4 is 50.5 Å². The van der Waals surface area contributed by atoms with Crippen molar-refractivity contribution in [3.05, 3.63) is 75.2 Å². The Morgan fingerprint density at radius 3 is 2.43 bits per heavy atom. The minimum absolute atomic E-state index is 0.133. The summed E-state index contributed by atoms with van der Waals surface area (Å²) in [6.45, 7) is 7.88. The van der Waals surface area contributed by atoms with Crippen LogP contribution in [0.15, 0.2) is 59.1 Å². The van der Waals surface area contributed by atoms with E-state index >= 15 is 0 Å². The van der Waals surface area contributed by atoms with Crippen molar-refractivity contribution in [3.63, 3.8) is 0 Å². The second-order valence-corrected chi connectivity index (χ2v) is 9.91. The van der Waals surface area contributed by atoms with Crippen LogP contribution in [0.25, 0.3) is 0 Å². The molecule has 0 atom stereocenters. The highest BCUT2D eigenvalue weighted by Gasteiger charge is 2.16. The maximum absolute atomic E-state index is 12.4. The Kier molecular flexibility index (Phi) is 9.55. The highest BCUT2D eigenvalue weighted by atomic mass is 79.9. The topological polar surface area (TPSA) is 72.1 Å². The number of amides is 1. The third-order valence-corrected chi connectivity index (χ3v) is 6.93. The number of nitrogens with one attached hydrogen (secondary N) is 2. The van der Waals surface area contributed by atoms with Crippen molar-refractivity contribution in [1.82, 2.24) is 0 Å². The quantitative estimate of drug-likeness (QED) is 0.291. The number of carbonyl (C=O) groups is 1. The summed E-state index contributed by atoms with van der Waals surface area (Å²) in [6.07, 6.45) is 0. The highest BCUT2D eigenvalue weighted by Crippen LogP contribution is 2.35. The van der Waals surface area contributed by atoms with Crippen LogP contribution in [0.2, 0.25) is 5.02 Å². The molecule has 0 aliphatic carbocycles. The molecular formula is C28H31BrClN3O4. The number of morpholine rings is 1. The van der Waals surface area contributed by atoms with Crippen molar-refractivity contribution in [1.29, 1.82) is 0 Å². The first-order chi connectivity index (χ1) is 17.9. The van der Waals surface area contributed by atoms with E-state index in [-0.39, 0.29) is 12.5 Å². The first-order valence-corrected chi connectivity index (χ1v) is 13.4. The number of rotatable bonds is 10. The zero-order valence-electron chi connectivity index (χ0n) is 21.0. The summed E-state index contributed by atoms with van der Waals surface area (Å²) in [7, 11) is 0. The largest absolute Gasteiger partial charge is 0.490 e. The Labute approximate surface area is 231 Å². The molecular weight excluding hydrogens is 558 g/mol. The summed E-state index contributed by atoms with van der Waals surface area (Å²) in [6, 6.07) is 17.4. The van der Waals surface area contributed by atoms with Gasteiger partial charge >= 0.3 is 0 Å². The highest BCUT2D eigenvalue weighted by molar-refractivity contribution is 9.10. The lowest BCUT2D eigenvalue weighted by Crippen LogP contribution is -2.36. The standard InChI is InChI=1S/C28H31BrClN3O4/c1-3-36-26-14-20(17-31-22-8-9-25(24(30)15-22)33-10-12-35-13-11-33)23(29)16-27(26)37-18-28(34)32-21-6-4-19(2)5-7-21/h4-9,14-16,31H,3,10-13,17-18H2,1-2H3,(H,32,34). The molecule has 1 fully saturated rings. The summed E-state index contributed by atoms with van der Waals surface area (Å²) in [5, 5.41) is 6.97. The molecule has 3 aromatic rings. The fourth-order valence-electron chi connectivity index (χ4n) is 3.95. The fourth-order valence-corrected chi connectivity index (χ4v) is 4.71. The Morgan fingerprint density at radius 1 is 1.03 bits per heavy atom. The second kappa shape index (κ2) is 13.0. The van der Waals surface area contributed by atoms with Crippen LogP contribution in [0, 0.1) is 6.92 Å². The first-order valence-electron chi connectivity index (χ1n) is 12.2. The van der Waals surface area contributed by atoms with Gasteiger partial charge in [0.2, 0.25) is 0 Å². The Hall–Kier alpha value is -2.94. The maximum atomic E-state index is 12.4. The predicted molar refractivity (Wildman–Crippen MR) is 152 cm³/mol. The third-order valence-electron chi connectivity index (χ3n) is 5.89. The van der Waals surface area contributed by atoms with Gasteiger partial charge in [0, 0.05) is 35.5 Å². The van der Waals surface area contributed by atoms with Crippen molar-refractivity contribution < 1.29 is 19.0 Å². The lowest BCUT2D eigenvalue weighted by molar-refractivity contribution is -0.118. The van der Waals surface area contributed by atoms with Crippen molar-refractivity contribution in [3.8, 4) is 11.5 Å². The number of hydrogen-bond acceptors (Lipinski definition) is 6. The molecule has 0 aromatic heterocycles. The number of hydrogen-bond donors (Lipinski definition) is 2. The zero-order valence-corrected chi connectivity index (χ0v) is 23.3. The van der Waals surface area contributed by atoms with Gasteiger partial charge in [0.1, 0.15) is 0 Å². The fraction of sp³-hybridized carbons (Fsp3) is 0.321. The smallest absolute Gasteiger partial charge is 0.262 e. The van der Waals surface area contributed by atoms with E-state index in [0.29, 0.717) is 42.9 Å².